The lowest BCUT2D eigenvalue weighted by atomic mass is 10.1. The van der Waals surface area contributed by atoms with Gasteiger partial charge in [-0.2, -0.15) is 0 Å². The van der Waals surface area contributed by atoms with Crippen LogP contribution in [0, 0.1) is 5.82 Å². The molecule has 1 atom stereocenters. The molecule has 2 rings (SSSR count). The predicted molar refractivity (Wildman–Crippen MR) is 103 cm³/mol. The molecule has 0 radical (unpaired) electrons. The van der Waals surface area contributed by atoms with Crippen LogP contribution in [0.15, 0.2) is 42.5 Å². The summed E-state index contributed by atoms with van der Waals surface area (Å²) in [5.74, 6) is 1.12. The van der Waals surface area contributed by atoms with E-state index in [9.17, 15) is 9.18 Å². The van der Waals surface area contributed by atoms with Gasteiger partial charge in [0, 0.05) is 12.1 Å². The second-order valence-corrected chi connectivity index (χ2v) is 6.42. The highest BCUT2D eigenvalue weighted by atomic mass is 19.1. The smallest absolute Gasteiger partial charge is 0.275 e. The van der Waals surface area contributed by atoms with Crippen LogP contribution in [-0.2, 0) is 17.8 Å². The predicted octanol–water partition coefficient (Wildman–Crippen LogP) is 1.61. The Labute approximate surface area is 160 Å². The number of rotatable bonds is 10. The Morgan fingerprint density at radius 3 is 2.67 bits per heavy atom. The molecular weight excluding hydrogens is 347 g/mol. The first kappa shape index (κ1) is 20.7. The van der Waals surface area contributed by atoms with Crippen LogP contribution < -0.4 is 19.7 Å². The van der Waals surface area contributed by atoms with Crippen molar-refractivity contribution in [3.05, 3.63) is 59.4 Å². The first-order valence-corrected chi connectivity index (χ1v) is 9.14. The van der Waals surface area contributed by atoms with E-state index in [-0.39, 0.29) is 11.7 Å². The Morgan fingerprint density at radius 1 is 1.19 bits per heavy atom. The topological polar surface area (TPSA) is 52.0 Å². The van der Waals surface area contributed by atoms with Crippen molar-refractivity contribution in [2.24, 2.45) is 0 Å². The first-order chi connectivity index (χ1) is 13.0. The minimum atomic E-state index is -0.237. The van der Waals surface area contributed by atoms with Crippen molar-refractivity contribution in [3.8, 4) is 11.5 Å². The van der Waals surface area contributed by atoms with E-state index in [1.165, 1.54) is 6.07 Å². The van der Waals surface area contributed by atoms with Crippen LogP contribution in [0.4, 0.5) is 4.39 Å². The molecule has 0 saturated carbocycles. The summed E-state index contributed by atoms with van der Waals surface area (Å²) in [5, 5.41) is 2.85. The quantitative estimate of drug-likeness (QED) is 0.663. The second kappa shape index (κ2) is 10.5. The van der Waals surface area contributed by atoms with Gasteiger partial charge >= 0.3 is 0 Å². The number of amides is 1. The van der Waals surface area contributed by atoms with Gasteiger partial charge in [0.1, 0.15) is 12.4 Å². The van der Waals surface area contributed by atoms with Gasteiger partial charge in [-0.25, -0.2) is 4.39 Å². The minimum Gasteiger partial charge on any atom is -0.493 e. The molecule has 0 heterocycles. The van der Waals surface area contributed by atoms with Crippen molar-refractivity contribution in [2.45, 2.75) is 19.9 Å². The number of likely N-dealkylation sites (N-methyl/N-ethyl adjacent to an activating group) is 1. The Morgan fingerprint density at radius 2 is 1.96 bits per heavy atom. The summed E-state index contributed by atoms with van der Waals surface area (Å²) >= 11 is 0. The minimum absolute atomic E-state index is 0.0539. The number of hydrogen-bond acceptors (Lipinski definition) is 3. The van der Waals surface area contributed by atoms with Crippen molar-refractivity contribution in [1.29, 1.82) is 0 Å². The largest absolute Gasteiger partial charge is 0.493 e. The van der Waals surface area contributed by atoms with Crippen LogP contribution in [0.5, 0.6) is 11.5 Å². The summed E-state index contributed by atoms with van der Waals surface area (Å²) in [6.45, 7) is 3.95. The standard InChI is InChI=1S/C21H27FN2O3/c1-4-27-19-10-9-16(13-20(19)26-3)14-24(2)15-21(25)23-12-11-17-7-5-6-8-18(17)22/h5-10,13H,4,11-12,14-15H2,1-3H3,(H,23,25)/p+1. The van der Waals surface area contributed by atoms with E-state index in [2.05, 4.69) is 5.32 Å². The van der Waals surface area contributed by atoms with E-state index in [1.54, 1.807) is 25.3 Å². The fourth-order valence-electron chi connectivity index (χ4n) is 2.88. The number of carbonyl (C=O) groups is 1. The number of carbonyl (C=O) groups excluding carboxylic acids is 1. The Bertz CT molecular complexity index is 752. The zero-order chi connectivity index (χ0) is 19.6. The van der Waals surface area contributed by atoms with E-state index in [1.807, 2.05) is 32.2 Å². The van der Waals surface area contributed by atoms with Gasteiger partial charge < -0.3 is 19.7 Å². The van der Waals surface area contributed by atoms with Gasteiger partial charge in [0.05, 0.1) is 20.8 Å². The number of hydrogen-bond donors (Lipinski definition) is 2. The highest BCUT2D eigenvalue weighted by Gasteiger charge is 2.13. The number of nitrogens with one attached hydrogen (secondary N) is 2. The lowest BCUT2D eigenvalue weighted by molar-refractivity contribution is -0.885. The zero-order valence-corrected chi connectivity index (χ0v) is 16.2. The molecule has 0 fully saturated rings. The van der Waals surface area contributed by atoms with Gasteiger partial charge in [0.15, 0.2) is 18.0 Å². The van der Waals surface area contributed by atoms with Crippen molar-refractivity contribution < 1.29 is 23.6 Å². The van der Waals surface area contributed by atoms with Crippen molar-refractivity contribution >= 4 is 5.91 Å². The fraction of sp³-hybridized carbons (Fsp3) is 0.381. The average molecular weight is 375 g/mol. The molecule has 1 amide bonds. The lowest BCUT2D eigenvalue weighted by Crippen LogP contribution is -3.08. The summed E-state index contributed by atoms with van der Waals surface area (Å²) < 4.78 is 24.4. The number of ether oxygens (including phenoxy) is 2. The molecule has 1 unspecified atom stereocenters. The monoisotopic (exact) mass is 375 g/mol. The molecule has 0 bridgehead atoms. The van der Waals surface area contributed by atoms with Gasteiger partial charge in [0.25, 0.3) is 5.91 Å². The average Bonchev–Trinajstić information content (AvgIpc) is 2.64. The normalized spacial score (nSPS) is 11.7. The summed E-state index contributed by atoms with van der Waals surface area (Å²) in [4.78, 5) is 13.2. The van der Waals surface area contributed by atoms with Crippen LogP contribution in [0.1, 0.15) is 18.1 Å². The maximum atomic E-state index is 13.6. The fourth-order valence-corrected chi connectivity index (χ4v) is 2.88. The van der Waals surface area contributed by atoms with Crippen LogP contribution in [0.25, 0.3) is 0 Å². The van der Waals surface area contributed by atoms with E-state index in [4.69, 9.17) is 9.47 Å². The number of halogens is 1. The molecule has 0 spiro atoms. The van der Waals surface area contributed by atoms with Crippen LogP contribution >= 0.6 is 0 Å². The molecule has 6 heteroatoms. The van der Waals surface area contributed by atoms with Crippen molar-refractivity contribution in [3.63, 3.8) is 0 Å². The van der Waals surface area contributed by atoms with Gasteiger partial charge in [-0.3, -0.25) is 4.79 Å². The van der Waals surface area contributed by atoms with Gasteiger partial charge in [-0.1, -0.05) is 18.2 Å². The Balaban J connectivity index is 1.80. The Kier molecular flexibility index (Phi) is 8.07. The molecule has 0 aliphatic heterocycles. The molecule has 0 aliphatic carbocycles. The summed E-state index contributed by atoms with van der Waals surface area (Å²) in [7, 11) is 3.57. The highest BCUT2D eigenvalue weighted by molar-refractivity contribution is 5.76. The maximum absolute atomic E-state index is 13.6. The summed E-state index contributed by atoms with van der Waals surface area (Å²) in [6.07, 6.45) is 0.480. The van der Waals surface area contributed by atoms with Gasteiger partial charge in [-0.05, 0) is 43.2 Å². The number of methoxy groups -OCH3 is 1. The molecule has 146 valence electrons. The third-order valence-corrected chi connectivity index (χ3v) is 4.17. The lowest BCUT2D eigenvalue weighted by Gasteiger charge is -2.15. The third-order valence-electron chi connectivity index (χ3n) is 4.17. The van der Waals surface area contributed by atoms with Crippen LogP contribution in [0.3, 0.4) is 0 Å². The molecule has 5 nitrogen and oxygen atoms in total. The summed E-state index contributed by atoms with van der Waals surface area (Å²) in [6, 6.07) is 12.4. The molecule has 2 aromatic carbocycles. The molecular formula is C21H28FN2O3+. The molecule has 2 aromatic rings. The van der Waals surface area contributed by atoms with Crippen molar-refractivity contribution in [2.75, 3.05) is 33.9 Å². The van der Waals surface area contributed by atoms with E-state index in [0.717, 1.165) is 10.5 Å². The van der Waals surface area contributed by atoms with Crippen LogP contribution in [-0.4, -0.2) is 39.8 Å². The Hall–Kier alpha value is -2.60. The number of benzene rings is 2. The maximum Gasteiger partial charge on any atom is 0.275 e. The van der Waals surface area contributed by atoms with Gasteiger partial charge in [-0.15, -0.1) is 0 Å². The molecule has 27 heavy (non-hydrogen) atoms. The highest BCUT2D eigenvalue weighted by Crippen LogP contribution is 2.27. The van der Waals surface area contributed by atoms with E-state index in [0.29, 0.717) is 49.7 Å². The molecule has 0 aromatic heterocycles. The van der Waals surface area contributed by atoms with Gasteiger partial charge in [0.2, 0.25) is 0 Å². The SMILES string of the molecule is CCOc1ccc(C[NH+](C)CC(=O)NCCc2ccccc2F)cc1OC. The summed E-state index contributed by atoms with van der Waals surface area (Å²) in [5.41, 5.74) is 1.67. The molecule has 2 N–H and O–H groups in total. The van der Waals surface area contributed by atoms with Crippen LogP contribution in [0.2, 0.25) is 0 Å². The third kappa shape index (κ3) is 6.57. The number of quaternary nitrogens is 1. The van der Waals surface area contributed by atoms with Crippen molar-refractivity contribution in [1.82, 2.24) is 5.32 Å². The zero-order valence-electron chi connectivity index (χ0n) is 16.2. The van der Waals surface area contributed by atoms with E-state index >= 15 is 0 Å². The molecule has 0 aliphatic rings. The second-order valence-electron chi connectivity index (χ2n) is 6.42. The molecule has 0 saturated heterocycles. The first-order valence-electron chi connectivity index (χ1n) is 9.14. The van der Waals surface area contributed by atoms with E-state index < -0.39 is 0 Å².